The maximum atomic E-state index is 12.1. The number of carbonyl (C=O) groups is 1. The quantitative estimate of drug-likeness (QED) is 0.692. The summed E-state index contributed by atoms with van der Waals surface area (Å²) < 4.78 is 1.52. The number of phenols is 1. The monoisotopic (exact) mass is 341 g/mol. The minimum Gasteiger partial charge on any atom is -0.508 e. The van der Waals surface area contributed by atoms with Gasteiger partial charge in [-0.25, -0.2) is 0 Å². The van der Waals surface area contributed by atoms with Crippen molar-refractivity contribution in [2.24, 2.45) is 0 Å². The third-order valence-electron chi connectivity index (χ3n) is 3.17. The van der Waals surface area contributed by atoms with Gasteiger partial charge in [0.1, 0.15) is 5.75 Å². The highest BCUT2D eigenvalue weighted by Gasteiger charge is 2.11. The predicted molar refractivity (Wildman–Crippen MR) is 91.4 cm³/mol. The van der Waals surface area contributed by atoms with Crippen LogP contribution in [0, 0.1) is 6.92 Å². The van der Waals surface area contributed by atoms with Crippen molar-refractivity contribution >= 4 is 23.4 Å². The molecule has 0 aliphatic rings. The molecule has 0 saturated heterocycles. The van der Waals surface area contributed by atoms with Gasteiger partial charge in [-0.3, -0.25) is 4.79 Å². The minimum absolute atomic E-state index is 0.133. The van der Waals surface area contributed by atoms with Crippen LogP contribution in [-0.4, -0.2) is 37.0 Å². The lowest BCUT2D eigenvalue weighted by atomic mass is 10.2. The Balaban J connectivity index is 1.64. The number of carbonyl (C=O) groups excluding carboxylic acids is 1. The molecular formula is C16H15N5O2S. The van der Waals surface area contributed by atoms with Crippen molar-refractivity contribution in [2.45, 2.75) is 12.1 Å². The Labute approximate surface area is 142 Å². The molecule has 1 heterocycles. The highest BCUT2D eigenvalue weighted by Crippen LogP contribution is 2.20. The van der Waals surface area contributed by atoms with E-state index in [1.165, 1.54) is 16.4 Å². The topological polar surface area (TPSA) is 92.9 Å². The first-order valence-electron chi connectivity index (χ1n) is 7.19. The lowest BCUT2D eigenvalue weighted by Crippen LogP contribution is -2.14. The van der Waals surface area contributed by atoms with Crippen LogP contribution in [0.2, 0.25) is 0 Å². The number of thioether (sulfide) groups is 1. The molecule has 1 amide bonds. The molecule has 2 N–H and O–H groups in total. The van der Waals surface area contributed by atoms with E-state index in [9.17, 15) is 9.90 Å². The van der Waals surface area contributed by atoms with Crippen LogP contribution in [0.5, 0.6) is 5.75 Å². The zero-order chi connectivity index (χ0) is 16.9. The number of nitrogens with one attached hydrogen (secondary N) is 1. The van der Waals surface area contributed by atoms with Gasteiger partial charge in [0, 0.05) is 5.69 Å². The minimum atomic E-state index is -0.133. The number of aromatic hydroxyl groups is 1. The number of hydrogen-bond acceptors (Lipinski definition) is 6. The molecule has 0 bridgehead atoms. The zero-order valence-corrected chi connectivity index (χ0v) is 13.7. The van der Waals surface area contributed by atoms with Crippen LogP contribution in [0.4, 0.5) is 5.69 Å². The number of tetrazole rings is 1. The van der Waals surface area contributed by atoms with E-state index < -0.39 is 0 Å². The van der Waals surface area contributed by atoms with Crippen LogP contribution in [0.1, 0.15) is 5.56 Å². The van der Waals surface area contributed by atoms with E-state index in [4.69, 9.17) is 0 Å². The summed E-state index contributed by atoms with van der Waals surface area (Å²) in [6.45, 7) is 1.97. The summed E-state index contributed by atoms with van der Waals surface area (Å²) in [5, 5.41) is 24.2. The van der Waals surface area contributed by atoms with Gasteiger partial charge in [0.2, 0.25) is 11.1 Å². The van der Waals surface area contributed by atoms with E-state index in [-0.39, 0.29) is 17.4 Å². The maximum absolute atomic E-state index is 12.1. The first-order chi connectivity index (χ1) is 11.6. The molecule has 8 heteroatoms. The average Bonchev–Trinajstić information content (AvgIpc) is 3.02. The fraction of sp³-hybridized carbons (Fsp3) is 0.125. The first-order valence-corrected chi connectivity index (χ1v) is 8.17. The Hall–Kier alpha value is -2.87. The van der Waals surface area contributed by atoms with E-state index >= 15 is 0 Å². The molecule has 0 saturated carbocycles. The smallest absolute Gasteiger partial charge is 0.234 e. The summed E-state index contributed by atoms with van der Waals surface area (Å²) in [6, 6.07) is 14.1. The molecule has 0 aliphatic heterocycles. The van der Waals surface area contributed by atoms with Crippen LogP contribution in [0.3, 0.4) is 0 Å². The zero-order valence-electron chi connectivity index (χ0n) is 12.9. The molecule has 3 aromatic rings. The number of rotatable bonds is 5. The number of amides is 1. The van der Waals surface area contributed by atoms with E-state index in [0.717, 1.165) is 11.3 Å². The lowest BCUT2D eigenvalue weighted by Gasteiger charge is -2.06. The Kier molecular flexibility index (Phi) is 4.76. The molecular weight excluding hydrogens is 326 g/mol. The van der Waals surface area contributed by atoms with Gasteiger partial charge in [0.25, 0.3) is 0 Å². The molecule has 122 valence electrons. The number of aryl methyl sites for hydroxylation is 1. The van der Waals surface area contributed by atoms with Gasteiger partial charge in [-0.15, -0.1) is 5.10 Å². The van der Waals surface area contributed by atoms with Gasteiger partial charge >= 0.3 is 0 Å². The van der Waals surface area contributed by atoms with Gasteiger partial charge in [-0.2, -0.15) is 4.68 Å². The SMILES string of the molecule is Cc1cccc(NC(=O)CSc2nnnn2-c2ccc(O)cc2)c1. The highest BCUT2D eigenvalue weighted by molar-refractivity contribution is 7.99. The van der Waals surface area contributed by atoms with Crippen molar-refractivity contribution in [1.82, 2.24) is 20.2 Å². The fourth-order valence-electron chi connectivity index (χ4n) is 2.07. The summed E-state index contributed by atoms with van der Waals surface area (Å²) in [6.07, 6.45) is 0. The van der Waals surface area contributed by atoms with E-state index in [0.29, 0.717) is 10.8 Å². The second-order valence-corrected chi connectivity index (χ2v) is 6.04. The second-order valence-electron chi connectivity index (χ2n) is 5.10. The Bertz CT molecular complexity index is 848. The number of benzene rings is 2. The molecule has 1 aromatic heterocycles. The van der Waals surface area contributed by atoms with E-state index in [1.54, 1.807) is 24.3 Å². The molecule has 0 aliphatic carbocycles. The van der Waals surface area contributed by atoms with E-state index in [1.807, 2.05) is 31.2 Å². The van der Waals surface area contributed by atoms with Gasteiger partial charge in [0.05, 0.1) is 11.4 Å². The fourth-order valence-corrected chi connectivity index (χ4v) is 2.77. The Morgan fingerprint density at radius 3 is 2.79 bits per heavy atom. The molecule has 0 fully saturated rings. The summed E-state index contributed by atoms with van der Waals surface area (Å²) >= 11 is 1.24. The number of phenolic OH excluding ortho intramolecular Hbond substituents is 1. The number of nitrogens with zero attached hydrogens (tertiary/aromatic N) is 4. The maximum Gasteiger partial charge on any atom is 0.234 e. The number of hydrogen-bond donors (Lipinski definition) is 2. The number of aromatic nitrogens is 4. The van der Waals surface area contributed by atoms with Crippen molar-refractivity contribution in [1.29, 1.82) is 0 Å². The van der Waals surface area contributed by atoms with Gasteiger partial charge in [0.15, 0.2) is 0 Å². The largest absolute Gasteiger partial charge is 0.508 e. The molecule has 0 unspecified atom stereocenters. The predicted octanol–water partition coefficient (Wildman–Crippen LogP) is 2.41. The Morgan fingerprint density at radius 2 is 2.04 bits per heavy atom. The van der Waals surface area contributed by atoms with Crippen LogP contribution in [-0.2, 0) is 4.79 Å². The standard InChI is InChI=1S/C16H15N5O2S/c1-11-3-2-4-12(9-11)17-15(23)10-24-16-18-19-20-21(16)13-5-7-14(22)8-6-13/h2-9,22H,10H2,1H3,(H,17,23). The van der Waals surface area contributed by atoms with Crippen molar-refractivity contribution in [3.05, 3.63) is 54.1 Å². The van der Waals surface area contributed by atoms with Gasteiger partial charge in [-0.05, 0) is 59.3 Å². The average molecular weight is 341 g/mol. The third kappa shape index (κ3) is 3.90. The van der Waals surface area contributed by atoms with E-state index in [2.05, 4.69) is 20.8 Å². The highest BCUT2D eigenvalue weighted by atomic mass is 32.2. The normalized spacial score (nSPS) is 10.5. The summed E-state index contributed by atoms with van der Waals surface area (Å²) in [4.78, 5) is 12.1. The van der Waals surface area contributed by atoms with Crippen molar-refractivity contribution < 1.29 is 9.90 Å². The first kappa shape index (κ1) is 16.0. The molecule has 0 radical (unpaired) electrons. The summed E-state index contributed by atoms with van der Waals surface area (Å²) in [5.41, 5.74) is 2.55. The lowest BCUT2D eigenvalue weighted by molar-refractivity contribution is -0.113. The van der Waals surface area contributed by atoms with Crippen LogP contribution in [0.25, 0.3) is 5.69 Å². The van der Waals surface area contributed by atoms with Gasteiger partial charge in [-0.1, -0.05) is 23.9 Å². The van der Waals surface area contributed by atoms with Crippen molar-refractivity contribution in [2.75, 3.05) is 11.1 Å². The molecule has 3 rings (SSSR count). The second kappa shape index (κ2) is 7.14. The molecule has 0 atom stereocenters. The summed E-state index contributed by atoms with van der Waals surface area (Å²) in [5.74, 6) is 0.219. The van der Waals surface area contributed by atoms with Crippen molar-refractivity contribution in [3.63, 3.8) is 0 Å². The Morgan fingerprint density at radius 1 is 1.25 bits per heavy atom. The van der Waals surface area contributed by atoms with Gasteiger partial charge < -0.3 is 10.4 Å². The molecule has 2 aromatic carbocycles. The molecule has 0 spiro atoms. The summed E-state index contributed by atoms with van der Waals surface area (Å²) in [7, 11) is 0. The van der Waals surface area contributed by atoms with Crippen molar-refractivity contribution in [3.8, 4) is 11.4 Å². The molecule has 24 heavy (non-hydrogen) atoms. The number of anilines is 1. The molecule has 7 nitrogen and oxygen atoms in total. The van der Waals surface area contributed by atoms with Crippen LogP contribution >= 0.6 is 11.8 Å². The van der Waals surface area contributed by atoms with Crippen LogP contribution < -0.4 is 5.32 Å². The third-order valence-corrected chi connectivity index (χ3v) is 4.09. The van der Waals surface area contributed by atoms with Crippen LogP contribution in [0.15, 0.2) is 53.7 Å².